The summed E-state index contributed by atoms with van der Waals surface area (Å²) in [6, 6.07) is -0.439. The molecular formula is C17H27F2NO4. The Hall–Kier alpha value is -0.790. The summed E-state index contributed by atoms with van der Waals surface area (Å²) in [6.45, 7) is 0.984. The van der Waals surface area contributed by atoms with Crippen molar-refractivity contribution in [1.29, 1.82) is 0 Å². The Labute approximate surface area is 141 Å². The van der Waals surface area contributed by atoms with E-state index in [1.807, 2.05) is 0 Å². The summed E-state index contributed by atoms with van der Waals surface area (Å²) in [5.74, 6) is -5.40. The van der Waals surface area contributed by atoms with Crippen molar-refractivity contribution in [2.45, 2.75) is 75.0 Å². The van der Waals surface area contributed by atoms with Crippen LogP contribution in [0.15, 0.2) is 0 Å². The molecule has 2 saturated heterocycles. The lowest BCUT2D eigenvalue weighted by atomic mass is 9.79. The van der Waals surface area contributed by atoms with E-state index in [1.165, 1.54) is 4.90 Å². The third kappa shape index (κ3) is 3.06. The molecule has 0 aromatic carbocycles. The second kappa shape index (κ2) is 6.84. The summed E-state index contributed by atoms with van der Waals surface area (Å²) < 4.78 is 35.1. The topological polar surface area (TPSA) is 70.0 Å². The van der Waals surface area contributed by atoms with E-state index in [0.29, 0.717) is 38.7 Å². The zero-order valence-corrected chi connectivity index (χ0v) is 13.9. The van der Waals surface area contributed by atoms with E-state index in [1.54, 1.807) is 0 Å². The van der Waals surface area contributed by atoms with Gasteiger partial charge in [0.05, 0.1) is 12.7 Å². The number of hydrogen-bond donors (Lipinski definition) is 2. The van der Waals surface area contributed by atoms with Gasteiger partial charge in [0.2, 0.25) is 0 Å². The number of carbonyl (C=O) groups is 1. The molecule has 3 fully saturated rings. The van der Waals surface area contributed by atoms with Crippen LogP contribution in [0.25, 0.3) is 0 Å². The highest BCUT2D eigenvalue weighted by atomic mass is 19.3. The molecule has 0 bridgehead atoms. The first-order valence-corrected chi connectivity index (χ1v) is 9.04. The highest BCUT2D eigenvalue weighted by molar-refractivity contribution is 5.85. The van der Waals surface area contributed by atoms with E-state index in [2.05, 4.69) is 0 Å². The second-order valence-corrected chi connectivity index (χ2v) is 7.47. The van der Waals surface area contributed by atoms with Crippen molar-refractivity contribution in [1.82, 2.24) is 4.90 Å². The lowest BCUT2D eigenvalue weighted by Gasteiger charge is -2.42. The molecule has 0 unspecified atom stereocenters. The SMILES string of the molecule is O=C(N1CCC[C@@H]1[C@H]1COCC[C@H]1O)C(F)(F)C1(O)CCCCC1. The minimum Gasteiger partial charge on any atom is -0.393 e. The molecule has 5 nitrogen and oxygen atoms in total. The number of alkyl halides is 2. The van der Waals surface area contributed by atoms with Gasteiger partial charge < -0.3 is 19.8 Å². The first kappa shape index (κ1) is 18.0. The maximum absolute atomic E-state index is 14.8. The first-order valence-electron chi connectivity index (χ1n) is 9.04. The lowest BCUT2D eigenvalue weighted by Crippen LogP contribution is -2.61. The predicted molar refractivity (Wildman–Crippen MR) is 82.6 cm³/mol. The Bertz CT molecular complexity index is 468. The van der Waals surface area contributed by atoms with Gasteiger partial charge in [-0.15, -0.1) is 0 Å². The standard InChI is InChI=1S/C17H27F2NO4/c18-17(19,16(23)7-2-1-3-8-16)15(22)20-9-4-5-13(20)12-11-24-10-6-14(12)21/h12-14,21,23H,1-11H2/t12-,13-,14-/m1/s1. The normalized spacial score (nSPS) is 34.3. The summed E-state index contributed by atoms with van der Waals surface area (Å²) in [5, 5.41) is 20.6. The van der Waals surface area contributed by atoms with Crippen molar-refractivity contribution in [3.8, 4) is 0 Å². The Kier molecular flexibility index (Phi) is 5.14. The molecule has 1 saturated carbocycles. The monoisotopic (exact) mass is 347 g/mol. The predicted octanol–water partition coefficient (Wildman–Crippen LogP) is 1.71. The fraction of sp³-hybridized carbons (Fsp3) is 0.941. The number of ether oxygens (including phenoxy) is 1. The molecule has 138 valence electrons. The number of aliphatic hydroxyl groups is 2. The van der Waals surface area contributed by atoms with Gasteiger partial charge in [-0.1, -0.05) is 19.3 Å². The van der Waals surface area contributed by atoms with Gasteiger partial charge in [-0.25, -0.2) is 0 Å². The molecule has 1 amide bonds. The second-order valence-electron chi connectivity index (χ2n) is 7.47. The molecule has 0 radical (unpaired) electrons. The summed E-state index contributed by atoms with van der Waals surface area (Å²) in [6.07, 6.45) is 2.80. The van der Waals surface area contributed by atoms with Crippen molar-refractivity contribution in [2.24, 2.45) is 5.92 Å². The van der Waals surface area contributed by atoms with Gasteiger partial charge in [0.1, 0.15) is 5.60 Å². The Morgan fingerprint density at radius 1 is 1.17 bits per heavy atom. The molecule has 2 N–H and O–H groups in total. The number of aliphatic hydroxyl groups excluding tert-OH is 1. The molecule has 2 heterocycles. The van der Waals surface area contributed by atoms with Gasteiger partial charge in [-0.2, -0.15) is 8.78 Å². The van der Waals surface area contributed by atoms with Gasteiger partial charge in [0, 0.05) is 25.1 Å². The van der Waals surface area contributed by atoms with Crippen LogP contribution in [0.4, 0.5) is 8.78 Å². The molecule has 1 aliphatic carbocycles. The van der Waals surface area contributed by atoms with Crippen LogP contribution in [0.3, 0.4) is 0 Å². The molecule has 24 heavy (non-hydrogen) atoms. The van der Waals surface area contributed by atoms with Crippen LogP contribution in [-0.2, 0) is 9.53 Å². The number of hydrogen-bond acceptors (Lipinski definition) is 4. The number of rotatable bonds is 3. The van der Waals surface area contributed by atoms with Crippen LogP contribution in [0.5, 0.6) is 0 Å². The summed E-state index contributed by atoms with van der Waals surface area (Å²) in [7, 11) is 0. The Balaban J connectivity index is 1.77. The number of carbonyl (C=O) groups excluding carboxylic acids is 1. The molecule has 3 atom stereocenters. The molecular weight excluding hydrogens is 320 g/mol. The van der Waals surface area contributed by atoms with Crippen LogP contribution in [0.2, 0.25) is 0 Å². The van der Waals surface area contributed by atoms with E-state index in [4.69, 9.17) is 4.74 Å². The summed E-state index contributed by atoms with van der Waals surface area (Å²) in [5.41, 5.74) is -2.24. The minimum atomic E-state index is -3.78. The number of halogens is 2. The molecule has 2 aliphatic heterocycles. The quantitative estimate of drug-likeness (QED) is 0.815. The van der Waals surface area contributed by atoms with Gasteiger partial charge in [0.15, 0.2) is 0 Å². The number of nitrogens with zero attached hydrogens (tertiary/aromatic N) is 1. The maximum atomic E-state index is 14.8. The van der Waals surface area contributed by atoms with Crippen molar-refractivity contribution < 1.29 is 28.5 Å². The average Bonchev–Trinajstić information content (AvgIpc) is 3.04. The molecule has 0 spiro atoms. The average molecular weight is 347 g/mol. The summed E-state index contributed by atoms with van der Waals surface area (Å²) in [4.78, 5) is 13.8. The third-order valence-electron chi connectivity index (χ3n) is 5.95. The van der Waals surface area contributed by atoms with Gasteiger partial charge >= 0.3 is 5.92 Å². The molecule has 3 aliphatic rings. The molecule has 3 rings (SSSR count). The lowest BCUT2D eigenvalue weighted by molar-refractivity contribution is -0.212. The molecule has 7 heteroatoms. The van der Waals surface area contributed by atoms with Crippen molar-refractivity contribution in [3.05, 3.63) is 0 Å². The van der Waals surface area contributed by atoms with Gasteiger partial charge in [-0.3, -0.25) is 4.79 Å². The van der Waals surface area contributed by atoms with E-state index in [9.17, 15) is 23.8 Å². The zero-order valence-electron chi connectivity index (χ0n) is 13.9. The Morgan fingerprint density at radius 2 is 1.88 bits per heavy atom. The van der Waals surface area contributed by atoms with Crippen LogP contribution in [0.1, 0.15) is 51.4 Å². The van der Waals surface area contributed by atoms with Crippen LogP contribution in [0, 0.1) is 5.92 Å². The van der Waals surface area contributed by atoms with Crippen LogP contribution in [-0.4, -0.2) is 64.4 Å². The summed E-state index contributed by atoms with van der Waals surface area (Å²) >= 11 is 0. The Morgan fingerprint density at radius 3 is 2.54 bits per heavy atom. The van der Waals surface area contributed by atoms with Gasteiger partial charge in [-0.05, 0) is 32.1 Å². The van der Waals surface area contributed by atoms with Crippen LogP contribution >= 0.6 is 0 Å². The van der Waals surface area contributed by atoms with Crippen molar-refractivity contribution in [3.63, 3.8) is 0 Å². The first-order chi connectivity index (χ1) is 11.4. The van der Waals surface area contributed by atoms with Crippen LogP contribution < -0.4 is 0 Å². The third-order valence-corrected chi connectivity index (χ3v) is 5.95. The smallest absolute Gasteiger partial charge is 0.352 e. The molecule has 0 aromatic heterocycles. The fourth-order valence-electron chi connectivity index (χ4n) is 4.44. The molecule has 0 aromatic rings. The highest BCUT2D eigenvalue weighted by Crippen LogP contribution is 2.43. The fourth-order valence-corrected chi connectivity index (χ4v) is 4.44. The van der Waals surface area contributed by atoms with Gasteiger partial charge in [0.25, 0.3) is 5.91 Å². The van der Waals surface area contributed by atoms with Crippen molar-refractivity contribution >= 4 is 5.91 Å². The largest absolute Gasteiger partial charge is 0.393 e. The van der Waals surface area contributed by atoms with Crippen molar-refractivity contribution in [2.75, 3.05) is 19.8 Å². The van der Waals surface area contributed by atoms with E-state index in [-0.39, 0.29) is 31.9 Å². The van der Waals surface area contributed by atoms with E-state index >= 15 is 0 Å². The van der Waals surface area contributed by atoms with E-state index in [0.717, 1.165) is 6.42 Å². The number of amides is 1. The minimum absolute atomic E-state index is 0.0423. The highest BCUT2D eigenvalue weighted by Gasteiger charge is 2.60. The van der Waals surface area contributed by atoms with E-state index < -0.39 is 29.6 Å². The number of likely N-dealkylation sites (tertiary alicyclic amines) is 1. The maximum Gasteiger partial charge on any atom is 0.352 e. The zero-order chi connectivity index (χ0) is 17.4.